The molecule has 2 heterocycles. The molecule has 144 valence electrons. The number of benzene rings is 1. The lowest BCUT2D eigenvalue weighted by Gasteiger charge is -2.34. The number of ether oxygens (including phenoxy) is 2. The van der Waals surface area contributed by atoms with Gasteiger partial charge in [-0.1, -0.05) is 0 Å². The van der Waals surface area contributed by atoms with Gasteiger partial charge in [-0.2, -0.15) is 0 Å². The molecule has 1 fully saturated rings. The number of aryl methyl sites for hydroxylation is 1. The highest BCUT2D eigenvalue weighted by molar-refractivity contribution is 5.91. The highest BCUT2D eigenvalue weighted by Crippen LogP contribution is 2.30. The van der Waals surface area contributed by atoms with Crippen LogP contribution in [0.3, 0.4) is 0 Å². The predicted octanol–water partition coefficient (Wildman–Crippen LogP) is 2.13. The molecule has 0 spiro atoms. The van der Waals surface area contributed by atoms with Crippen molar-refractivity contribution in [1.29, 1.82) is 0 Å². The van der Waals surface area contributed by atoms with Gasteiger partial charge in [0, 0.05) is 26.2 Å². The van der Waals surface area contributed by atoms with Crippen molar-refractivity contribution >= 4 is 11.8 Å². The summed E-state index contributed by atoms with van der Waals surface area (Å²) in [4.78, 5) is 28.5. The van der Waals surface area contributed by atoms with Gasteiger partial charge in [-0.15, -0.1) is 0 Å². The van der Waals surface area contributed by atoms with Crippen LogP contribution in [0.25, 0.3) is 0 Å². The molecule has 7 heteroatoms. The minimum absolute atomic E-state index is 0.0374. The Hall–Kier alpha value is -2.96. The summed E-state index contributed by atoms with van der Waals surface area (Å²) in [6.07, 6.45) is 1.77. The Kier molecular flexibility index (Phi) is 5.69. The number of carbonyl (C=O) groups is 2. The second kappa shape index (κ2) is 8.16. The third kappa shape index (κ3) is 4.07. The zero-order valence-electron chi connectivity index (χ0n) is 15.9. The van der Waals surface area contributed by atoms with Gasteiger partial charge in [0.05, 0.1) is 26.9 Å². The molecule has 0 aliphatic carbocycles. The number of furan rings is 1. The molecule has 0 saturated carbocycles. The van der Waals surface area contributed by atoms with Crippen LogP contribution in [0.4, 0.5) is 0 Å². The molecule has 27 heavy (non-hydrogen) atoms. The number of carbonyl (C=O) groups excluding carboxylic acids is 2. The Bertz CT molecular complexity index is 808. The Morgan fingerprint density at radius 1 is 1.04 bits per heavy atom. The Labute approximate surface area is 158 Å². The number of piperazine rings is 1. The van der Waals surface area contributed by atoms with E-state index < -0.39 is 0 Å². The van der Waals surface area contributed by atoms with E-state index in [1.807, 2.05) is 19.1 Å². The third-order valence-corrected chi connectivity index (χ3v) is 4.84. The summed E-state index contributed by atoms with van der Waals surface area (Å²) in [6.45, 7) is 3.96. The quantitative estimate of drug-likeness (QED) is 0.804. The summed E-state index contributed by atoms with van der Waals surface area (Å²) in [5, 5.41) is 0. The molecule has 1 saturated heterocycles. The van der Waals surface area contributed by atoms with Crippen LogP contribution >= 0.6 is 0 Å². The lowest BCUT2D eigenvalue weighted by molar-refractivity contribution is -0.131. The molecule has 2 amide bonds. The van der Waals surface area contributed by atoms with Crippen LogP contribution in [-0.4, -0.2) is 62.0 Å². The number of hydrogen-bond acceptors (Lipinski definition) is 5. The summed E-state index contributed by atoms with van der Waals surface area (Å²) in [5.41, 5.74) is 1.89. The second-order valence-corrected chi connectivity index (χ2v) is 6.46. The van der Waals surface area contributed by atoms with Crippen molar-refractivity contribution in [3.8, 4) is 11.5 Å². The van der Waals surface area contributed by atoms with E-state index in [1.54, 1.807) is 36.2 Å². The molecule has 2 aromatic rings. The topological polar surface area (TPSA) is 72.2 Å². The number of methoxy groups -OCH3 is 2. The lowest BCUT2D eigenvalue weighted by atomic mass is 10.0. The highest BCUT2D eigenvalue weighted by Gasteiger charge is 2.26. The smallest absolute Gasteiger partial charge is 0.289 e. The third-order valence-electron chi connectivity index (χ3n) is 4.84. The molecule has 0 atom stereocenters. The molecule has 0 radical (unpaired) electrons. The van der Waals surface area contributed by atoms with Gasteiger partial charge in [-0.05, 0) is 42.3 Å². The van der Waals surface area contributed by atoms with Crippen molar-refractivity contribution in [2.24, 2.45) is 0 Å². The molecule has 1 aliphatic heterocycles. The summed E-state index contributed by atoms with van der Waals surface area (Å²) in [5.74, 6) is 1.49. The van der Waals surface area contributed by atoms with Gasteiger partial charge >= 0.3 is 0 Å². The largest absolute Gasteiger partial charge is 0.493 e. The molecule has 0 bridgehead atoms. The molecule has 7 nitrogen and oxygen atoms in total. The minimum Gasteiger partial charge on any atom is -0.493 e. The SMILES string of the molecule is COc1cc(C)c(CC(=O)N2CCN(C(=O)c3ccco3)CC2)cc1OC. The van der Waals surface area contributed by atoms with Crippen molar-refractivity contribution in [1.82, 2.24) is 9.80 Å². The zero-order valence-corrected chi connectivity index (χ0v) is 15.9. The first-order chi connectivity index (χ1) is 13.0. The summed E-state index contributed by atoms with van der Waals surface area (Å²) in [7, 11) is 3.17. The van der Waals surface area contributed by atoms with Crippen LogP contribution in [0.15, 0.2) is 34.9 Å². The van der Waals surface area contributed by atoms with Gasteiger partial charge in [0.2, 0.25) is 5.91 Å². The molecule has 1 aromatic heterocycles. The van der Waals surface area contributed by atoms with Crippen molar-refractivity contribution < 1.29 is 23.5 Å². The van der Waals surface area contributed by atoms with Gasteiger partial charge in [0.15, 0.2) is 17.3 Å². The normalized spacial score (nSPS) is 14.2. The van der Waals surface area contributed by atoms with E-state index in [4.69, 9.17) is 13.9 Å². The fourth-order valence-electron chi connectivity index (χ4n) is 3.20. The maximum atomic E-state index is 12.7. The lowest BCUT2D eigenvalue weighted by Crippen LogP contribution is -2.51. The summed E-state index contributed by atoms with van der Waals surface area (Å²) >= 11 is 0. The molecule has 0 N–H and O–H groups in total. The van der Waals surface area contributed by atoms with Crippen molar-refractivity contribution in [3.63, 3.8) is 0 Å². The molecule has 1 aromatic carbocycles. The number of hydrogen-bond donors (Lipinski definition) is 0. The van der Waals surface area contributed by atoms with E-state index in [9.17, 15) is 9.59 Å². The van der Waals surface area contributed by atoms with Crippen molar-refractivity contribution in [2.45, 2.75) is 13.3 Å². The molecular formula is C20H24N2O5. The van der Waals surface area contributed by atoms with Crippen LogP contribution in [0.2, 0.25) is 0 Å². The summed E-state index contributed by atoms with van der Waals surface area (Å²) < 4.78 is 15.8. The first kappa shape index (κ1) is 18.8. The van der Waals surface area contributed by atoms with Gasteiger partial charge in [0.1, 0.15) is 0 Å². The molecule has 0 unspecified atom stereocenters. The first-order valence-electron chi connectivity index (χ1n) is 8.85. The fraction of sp³-hybridized carbons (Fsp3) is 0.400. The van der Waals surface area contributed by atoms with Gasteiger partial charge in [0.25, 0.3) is 5.91 Å². The standard InChI is InChI=1S/C20H24N2O5/c1-14-11-17(25-2)18(26-3)12-15(14)13-19(23)21-6-8-22(9-7-21)20(24)16-5-4-10-27-16/h4-5,10-12H,6-9,13H2,1-3H3. The second-order valence-electron chi connectivity index (χ2n) is 6.46. The Morgan fingerprint density at radius 3 is 2.26 bits per heavy atom. The fourth-order valence-corrected chi connectivity index (χ4v) is 3.20. The van der Waals surface area contributed by atoms with E-state index >= 15 is 0 Å². The van der Waals surface area contributed by atoms with E-state index in [2.05, 4.69) is 0 Å². The first-order valence-corrected chi connectivity index (χ1v) is 8.85. The van der Waals surface area contributed by atoms with Crippen LogP contribution in [0, 0.1) is 6.92 Å². The van der Waals surface area contributed by atoms with Crippen molar-refractivity contribution in [2.75, 3.05) is 40.4 Å². The molecule has 3 rings (SSSR count). The average molecular weight is 372 g/mol. The number of amides is 2. The van der Waals surface area contributed by atoms with E-state index in [0.29, 0.717) is 43.4 Å². The maximum absolute atomic E-state index is 12.7. The van der Waals surface area contributed by atoms with Crippen LogP contribution in [-0.2, 0) is 11.2 Å². The van der Waals surface area contributed by atoms with Gasteiger partial charge < -0.3 is 23.7 Å². The van der Waals surface area contributed by atoms with Gasteiger partial charge in [-0.25, -0.2) is 0 Å². The van der Waals surface area contributed by atoms with Gasteiger partial charge in [-0.3, -0.25) is 9.59 Å². The van der Waals surface area contributed by atoms with Crippen LogP contribution in [0.1, 0.15) is 21.7 Å². The average Bonchev–Trinajstić information content (AvgIpc) is 3.23. The monoisotopic (exact) mass is 372 g/mol. The van der Waals surface area contributed by atoms with Crippen molar-refractivity contribution in [3.05, 3.63) is 47.4 Å². The maximum Gasteiger partial charge on any atom is 0.289 e. The molecule has 1 aliphatic rings. The van der Waals surface area contributed by atoms with E-state index in [0.717, 1.165) is 11.1 Å². The van der Waals surface area contributed by atoms with Crippen LogP contribution < -0.4 is 9.47 Å². The number of nitrogens with zero attached hydrogens (tertiary/aromatic N) is 2. The highest BCUT2D eigenvalue weighted by atomic mass is 16.5. The van der Waals surface area contributed by atoms with E-state index in [1.165, 1.54) is 6.26 Å². The van der Waals surface area contributed by atoms with Crippen LogP contribution in [0.5, 0.6) is 11.5 Å². The van der Waals surface area contributed by atoms with E-state index in [-0.39, 0.29) is 18.2 Å². The minimum atomic E-state index is -0.136. The molecular weight excluding hydrogens is 348 g/mol. The summed E-state index contributed by atoms with van der Waals surface area (Å²) in [6, 6.07) is 7.07. The number of rotatable bonds is 5. The zero-order chi connectivity index (χ0) is 19.4. The Morgan fingerprint density at radius 2 is 1.67 bits per heavy atom. The Balaban J connectivity index is 1.61. The predicted molar refractivity (Wildman–Crippen MR) is 99.2 cm³/mol.